The van der Waals surface area contributed by atoms with Gasteiger partial charge < -0.3 is 9.73 Å². The molecule has 90 valence electrons. The van der Waals surface area contributed by atoms with Crippen LogP contribution in [0.1, 0.15) is 5.56 Å². The second-order valence-electron chi connectivity index (χ2n) is 4.25. The van der Waals surface area contributed by atoms with Gasteiger partial charge in [-0.1, -0.05) is 24.3 Å². The summed E-state index contributed by atoms with van der Waals surface area (Å²) in [5.41, 5.74) is 2.29. The Morgan fingerprint density at radius 1 is 1.06 bits per heavy atom. The van der Waals surface area contributed by atoms with Crippen molar-refractivity contribution in [3.63, 3.8) is 0 Å². The molecule has 1 N–H and O–H groups in total. The van der Waals surface area contributed by atoms with Gasteiger partial charge in [0.05, 0.1) is 10.8 Å². The Kier molecular flexibility index (Phi) is 2.61. The molecule has 0 aliphatic rings. The van der Waals surface area contributed by atoms with Crippen molar-refractivity contribution in [1.82, 2.24) is 5.32 Å². The van der Waals surface area contributed by atoms with Gasteiger partial charge in [-0.05, 0) is 30.8 Å². The number of rotatable bonds is 2. The summed E-state index contributed by atoms with van der Waals surface area (Å²) in [5.74, 6) is 0. The molecule has 3 heteroatoms. The van der Waals surface area contributed by atoms with Crippen LogP contribution < -0.4 is 10.7 Å². The smallest absolute Gasteiger partial charge is 0.200 e. The first kappa shape index (κ1) is 11.0. The van der Waals surface area contributed by atoms with E-state index >= 15 is 0 Å². The van der Waals surface area contributed by atoms with Gasteiger partial charge in [-0.2, -0.15) is 0 Å². The van der Waals surface area contributed by atoms with Gasteiger partial charge in [-0.3, -0.25) is 4.79 Å². The van der Waals surface area contributed by atoms with Gasteiger partial charge >= 0.3 is 0 Å². The normalized spacial score (nSPS) is 11.2. The second kappa shape index (κ2) is 4.27. The van der Waals surface area contributed by atoms with Crippen LogP contribution in [0.4, 0.5) is 0 Å². The number of hydrogen-bond acceptors (Lipinski definition) is 3. The van der Waals surface area contributed by atoms with Crippen LogP contribution in [-0.2, 0) is 6.54 Å². The van der Waals surface area contributed by atoms with Gasteiger partial charge in [0.15, 0.2) is 0 Å². The molecule has 0 aliphatic heterocycles. The number of benzene rings is 2. The Morgan fingerprint density at radius 2 is 1.83 bits per heavy atom. The van der Waals surface area contributed by atoms with E-state index in [1.807, 2.05) is 43.4 Å². The lowest BCUT2D eigenvalue weighted by Crippen LogP contribution is -2.10. The minimum absolute atomic E-state index is 0.0395. The minimum atomic E-state index is 0.0395. The maximum absolute atomic E-state index is 12.5. The van der Waals surface area contributed by atoms with Crippen molar-refractivity contribution < 1.29 is 4.42 Å². The molecule has 18 heavy (non-hydrogen) atoms. The zero-order chi connectivity index (χ0) is 12.5. The number of hydrogen-bond donors (Lipinski definition) is 1. The molecule has 0 saturated heterocycles. The number of nitrogens with one attached hydrogen (secondary N) is 1. The van der Waals surface area contributed by atoms with E-state index in [-0.39, 0.29) is 5.43 Å². The van der Waals surface area contributed by atoms with Crippen LogP contribution in [0.25, 0.3) is 21.9 Å². The van der Waals surface area contributed by atoms with Gasteiger partial charge in [0.2, 0.25) is 5.43 Å². The molecule has 3 rings (SSSR count). The van der Waals surface area contributed by atoms with Crippen LogP contribution in [0.15, 0.2) is 51.7 Å². The fourth-order valence-electron chi connectivity index (χ4n) is 2.25. The lowest BCUT2D eigenvalue weighted by Gasteiger charge is -2.06. The van der Waals surface area contributed by atoms with E-state index in [1.165, 1.54) is 0 Å². The van der Waals surface area contributed by atoms with Gasteiger partial charge in [-0.15, -0.1) is 0 Å². The van der Waals surface area contributed by atoms with Crippen LogP contribution in [0.3, 0.4) is 0 Å². The molecular weight excluding hydrogens is 226 g/mol. The van der Waals surface area contributed by atoms with Gasteiger partial charge in [-0.25, -0.2) is 0 Å². The summed E-state index contributed by atoms with van der Waals surface area (Å²) < 4.78 is 5.79. The fraction of sp³-hybridized carbons (Fsp3) is 0.133. The fourth-order valence-corrected chi connectivity index (χ4v) is 2.25. The molecule has 0 unspecified atom stereocenters. The molecular formula is C15H13NO2. The predicted molar refractivity (Wildman–Crippen MR) is 72.8 cm³/mol. The second-order valence-corrected chi connectivity index (χ2v) is 4.25. The number of para-hydroxylation sites is 1. The summed E-state index contributed by atoms with van der Waals surface area (Å²) in [7, 11) is 1.86. The van der Waals surface area contributed by atoms with E-state index < -0.39 is 0 Å². The Balaban J connectivity index is 2.49. The van der Waals surface area contributed by atoms with Crippen molar-refractivity contribution in [2.75, 3.05) is 7.05 Å². The standard InChI is InChI=1S/C15H13NO2/c1-16-9-10-5-4-8-13-14(10)15(17)11-6-2-3-7-12(11)18-13/h2-8,16H,9H2,1H3. The highest BCUT2D eigenvalue weighted by Crippen LogP contribution is 2.20. The third-order valence-electron chi connectivity index (χ3n) is 3.06. The molecule has 0 amide bonds. The topological polar surface area (TPSA) is 42.2 Å². The molecule has 3 nitrogen and oxygen atoms in total. The van der Waals surface area contributed by atoms with Crippen molar-refractivity contribution in [2.45, 2.75) is 6.54 Å². The van der Waals surface area contributed by atoms with Crippen LogP contribution in [0.2, 0.25) is 0 Å². The lowest BCUT2D eigenvalue weighted by atomic mass is 10.1. The van der Waals surface area contributed by atoms with Gasteiger partial charge in [0.25, 0.3) is 0 Å². The summed E-state index contributed by atoms with van der Waals surface area (Å²) in [6.45, 7) is 0.653. The first-order valence-corrected chi connectivity index (χ1v) is 5.89. The van der Waals surface area contributed by atoms with Crippen LogP contribution in [-0.4, -0.2) is 7.05 Å². The van der Waals surface area contributed by atoms with E-state index in [0.29, 0.717) is 28.5 Å². The SMILES string of the molecule is CNCc1cccc2oc3ccccc3c(=O)c12. The van der Waals surface area contributed by atoms with Crippen molar-refractivity contribution in [3.05, 3.63) is 58.3 Å². The Bertz CT molecular complexity index is 774. The van der Waals surface area contributed by atoms with Crippen LogP contribution in [0, 0.1) is 0 Å². The summed E-state index contributed by atoms with van der Waals surface area (Å²) in [5, 5.41) is 4.38. The summed E-state index contributed by atoms with van der Waals surface area (Å²) >= 11 is 0. The monoisotopic (exact) mass is 239 g/mol. The van der Waals surface area contributed by atoms with Crippen LogP contribution >= 0.6 is 0 Å². The summed E-state index contributed by atoms with van der Waals surface area (Å²) in [6, 6.07) is 13.0. The Labute approximate surface area is 104 Å². The average molecular weight is 239 g/mol. The molecule has 1 heterocycles. The zero-order valence-corrected chi connectivity index (χ0v) is 10.1. The first-order chi connectivity index (χ1) is 8.81. The first-order valence-electron chi connectivity index (χ1n) is 5.89. The Morgan fingerprint density at radius 3 is 2.67 bits per heavy atom. The van der Waals surface area contributed by atoms with Crippen LogP contribution in [0.5, 0.6) is 0 Å². The van der Waals surface area contributed by atoms with E-state index in [0.717, 1.165) is 5.56 Å². The zero-order valence-electron chi connectivity index (χ0n) is 10.1. The average Bonchev–Trinajstić information content (AvgIpc) is 2.39. The highest BCUT2D eigenvalue weighted by molar-refractivity contribution is 5.91. The number of fused-ring (bicyclic) bond motifs is 2. The molecule has 0 bridgehead atoms. The van der Waals surface area contributed by atoms with Gasteiger partial charge in [0, 0.05) is 6.54 Å². The third kappa shape index (κ3) is 1.60. The van der Waals surface area contributed by atoms with Crippen molar-refractivity contribution in [2.24, 2.45) is 0 Å². The van der Waals surface area contributed by atoms with E-state index in [4.69, 9.17) is 4.42 Å². The summed E-state index contributed by atoms with van der Waals surface area (Å²) in [6.07, 6.45) is 0. The molecule has 0 aliphatic carbocycles. The van der Waals surface area contributed by atoms with Gasteiger partial charge in [0.1, 0.15) is 11.2 Å². The largest absolute Gasteiger partial charge is 0.456 e. The molecule has 3 aromatic rings. The lowest BCUT2D eigenvalue weighted by molar-refractivity contribution is 0.659. The highest BCUT2D eigenvalue weighted by atomic mass is 16.3. The molecule has 0 saturated carbocycles. The Hall–Kier alpha value is -2.13. The summed E-state index contributed by atoms with van der Waals surface area (Å²) in [4.78, 5) is 12.5. The maximum Gasteiger partial charge on any atom is 0.200 e. The van der Waals surface area contributed by atoms with E-state index in [1.54, 1.807) is 6.07 Å². The third-order valence-corrected chi connectivity index (χ3v) is 3.06. The molecule has 0 atom stereocenters. The molecule has 1 aromatic heterocycles. The quantitative estimate of drug-likeness (QED) is 0.699. The van der Waals surface area contributed by atoms with Crippen molar-refractivity contribution in [3.8, 4) is 0 Å². The molecule has 0 fully saturated rings. The molecule has 0 radical (unpaired) electrons. The van der Waals surface area contributed by atoms with Crippen molar-refractivity contribution >= 4 is 21.9 Å². The highest BCUT2D eigenvalue weighted by Gasteiger charge is 2.10. The minimum Gasteiger partial charge on any atom is -0.456 e. The van der Waals surface area contributed by atoms with E-state index in [9.17, 15) is 4.79 Å². The predicted octanol–water partition coefficient (Wildman–Crippen LogP) is 2.67. The van der Waals surface area contributed by atoms with Crippen molar-refractivity contribution in [1.29, 1.82) is 0 Å². The molecule has 0 spiro atoms. The maximum atomic E-state index is 12.5. The molecule has 2 aromatic carbocycles. The van der Waals surface area contributed by atoms with E-state index in [2.05, 4.69) is 5.32 Å².